The molecule has 0 saturated heterocycles. The van der Waals surface area contributed by atoms with Gasteiger partial charge in [0.25, 0.3) is 0 Å². The van der Waals surface area contributed by atoms with E-state index in [1.165, 1.54) is 31.7 Å². The molecular formula is C25H47FO. The van der Waals surface area contributed by atoms with Gasteiger partial charge in [0.05, 0.1) is 0 Å². The first-order valence-electron chi connectivity index (χ1n) is 10.6. The number of rotatable bonds is 5. The Morgan fingerprint density at radius 2 is 1.30 bits per heavy atom. The van der Waals surface area contributed by atoms with Crippen molar-refractivity contribution in [3.8, 4) is 0 Å². The fraction of sp³-hybridized carbons (Fsp3) is 0.720. The molecule has 2 heteroatoms. The third-order valence-corrected chi connectivity index (χ3v) is 3.69. The molecule has 1 rings (SSSR count). The van der Waals surface area contributed by atoms with Crippen LogP contribution in [0.25, 0.3) is 0 Å². The van der Waals surface area contributed by atoms with Crippen molar-refractivity contribution < 1.29 is 9.18 Å². The van der Waals surface area contributed by atoms with Gasteiger partial charge in [0.1, 0.15) is 11.6 Å². The molecule has 0 bridgehead atoms. The Balaban J connectivity index is -0.000000297. The van der Waals surface area contributed by atoms with Crippen molar-refractivity contribution in [2.45, 2.75) is 102 Å². The molecule has 0 aliphatic heterocycles. The molecule has 160 valence electrons. The molecule has 0 saturated carbocycles. The van der Waals surface area contributed by atoms with Crippen LogP contribution in [0, 0.1) is 37.4 Å². The molecule has 0 radical (unpaired) electrons. The van der Waals surface area contributed by atoms with Crippen LogP contribution in [0.1, 0.15) is 99.1 Å². The Morgan fingerprint density at radius 3 is 1.52 bits per heavy atom. The molecule has 0 N–H and O–H groups in total. The molecule has 1 nitrogen and oxygen atoms in total. The van der Waals surface area contributed by atoms with E-state index in [4.69, 9.17) is 0 Å². The number of ketones is 1. The maximum absolute atomic E-state index is 12.5. The average Bonchev–Trinajstić information content (AvgIpc) is 2.52. The zero-order valence-electron chi connectivity index (χ0n) is 20.1. The minimum absolute atomic E-state index is 0.124. The number of benzene rings is 1. The van der Waals surface area contributed by atoms with Crippen molar-refractivity contribution in [1.29, 1.82) is 0 Å². The summed E-state index contributed by atoms with van der Waals surface area (Å²) in [6.07, 6.45) is 5.52. The summed E-state index contributed by atoms with van der Waals surface area (Å²) in [5, 5.41) is 0. The van der Waals surface area contributed by atoms with E-state index < -0.39 is 0 Å². The lowest BCUT2D eigenvalue weighted by Gasteiger charge is -2.05. The number of carbonyl (C=O) groups excluding carboxylic acids is 1. The number of carbonyl (C=O) groups is 1. The van der Waals surface area contributed by atoms with Crippen LogP contribution in [0.4, 0.5) is 4.39 Å². The SMILES string of the molecule is CC(=O)C(C)C.CC(C)C.CCCC(C)CCC.Cc1ccc(F)c(C)c1. The van der Waals surface area contributed by atoms with Gasteiger partial charge in [-0.1, -0.05) is 98.8 Å². The first kappa shape index (κ1) is 30.5. The summed E-state index contributed by atoms with van der Waals surface area (Å²) in [5.41, 5.74) is 1.82. The highest BCUT2D eigenvalue weighted by Crippen LogP contribution is 2.10. The highest BCUT2D eigenvalue weighted by Gasteiger charge is 1.96. The lowest BCUT2D eigenvalue weighted by molar-refractivity contribution is -0.119. The molecule has 0 unspecified atom stereocenters. The van der Waals surface area contributed by atoms with E-state index in [-0.39, 0.29) is 17.5 Å². The second-order valence-electron chi connectivity index (χ2n) is 8.43. The fourth-order valence-corrected chi connectivity index (χ4v) is 1.92. The van der Waals surface area contributed by atoms with E-state index in [0.29, 0.717) is 0 Å². The molecule has 0 fully saturated rings. The fourth-order valence-electron chi connectivity index (χ4n) is 1.92. The number of Topliss-reactive ketones (excluding diaryl/α,β-unsaturated/α-hetero) is 1. The predicted octanol–water partition coefficient (Wildman–Crippen LogP) is 8.56. The van der Waals surface area contributed by atoms with Crippen LogP contribution in [0.15, 0.2) is 18.2 Å². The topological polar surface area (TPSA) is 17.1 Å². The van der Waals surface area contributed by atoms with Crippen molar-refractivity contribution in [2.75, 3.05) is 0 Å². The monoisotopic (exact) mass is 382 g/mol. The lowest BCUT2D eigenvalue weighted by Crippen LogP contribution is -1.98. The molecule has 27 heavy (non-hydrogen) atoms. The van der Waals surface area contributed by atoms with Gasteiger partial charge in [-0.2, -0.15) is 0 Å². The highest BCUT2D eigenvalue weighted by molar-refractivity contribution is 5.77. The Morgan fingerprint density at radius 1 is 0.926 bits per heavy atom. The van der Waals surface area contributed by atoms with Crippen molar-refractivity contribution in [1.82, 2.24) is 0 Å². The van der Waals surface area contributed by atoms with Crippen LogP contribution in [-0.4, -0.2) is 5.78 Å². The van der Waals surface area contributed by atoms with Gasteiger partial charge in [-0.3, -0.25) is 4.79 Å². The van der Waals surface area contributed by atoms with Gasteiger partial charge >= 0.3 is 0 Å². The molecule has 1 aromatic carbocycles. The van der Waals surface area contributed by atoms with Crippen LogP contribution in [0.2, 0.25) is 0 Å². The standard InChI is InChI=1S/C8H9F.C8H18.C5H10O.C4H10/c1-6-3-4-8(9)7(2)5-6;1-4-6-8(3)7-5-2;1-4(2)5(3)6;1-4(2)3/h3-5H,1-2H3;8H,4-7H2,1-3H3;4H,1-3H3;4H,1-3H3. The van der Waals surface area contributed by atoms with E-state index in [1.54, 1.807) is 19.9 Å². The molecular weight excluding hydrogens is 335 g/mol. The van der Waals surface area contributed by atoms with E-state index in [2.05, 4.69) is 41.5 Å². The maximum Gasteiger partial charge on any atom is 0.132 e. The van der Waals surface area contributed by atoms with Gasteiger partial charge in [-0.05, 0) is 44.2 Å². The van der Waals surface area contributed by atoms with Crippen molar-refractivity contribution in [3.63, 3.8) is 0 Å². The number of halogens is 1. The maximum atomic E-state index is 12.5. The largest absolute Gasteiger partial charge is 0.300 e. The molecule has 0 aromatic heterocycles. The third kappa shape index (κ3) is 27.1. The van der Waals surface area contributed by atoms with Crippen LogP contribution in [-0.2, 0) is 4.79 Å². The van der Waals surface area contributed by atoms with Crippen molar-refractivity contribution in [2.24, 2.45) is 17.8 Å². The molecule has 0 aliphatic carbocycles. The molecule has 0 heterocycles. The van der Waals surface area contributed by atoms with Gasteiger partial charge in [-0.15, -0.1) is 0 Å². The van der Waals surface area contributed by atoms with Gasteiger partial charge in [0, 0.05) is 5.92 Å². The Hall–Kier alpha value is -1.18. The molecule has 0 spiro atoms. The van der Waals surface area contributed by atoms with Crippen molar-refractivity contribution >= 4 is 5.78 Å². The number of hydrogen-bond acceptors (Lipinski definition) is 1. The van der Waals surface area contributed by atoms with Gasteiger partial charge in [0.15, 0.2) is 0 Å². The summed E-state index contributed by atoms with van der Waals surface area (Å²) < 4.78 is 12.5. The third-order valence-electron chi connectivity index (χ3n) is 3.69. The highest BCUT2D eigenvalue weighted by atomic mass is 19.1. The first-order chi connectivity index (χ1) is 12.4. The second kappa shape index (κ2) is 19.6. The van der Waals surface area contributed by atoms with E-state index in [1.807, 2.05) is 26.8 Å². The van der Waals surface area contributed by atoms with Crippen LogP contribution < -0.4 is 0 Å². The second-order valence-corrected chi connectivity index (χ2v) is 8.43. The minimum Gasteiger partial charge on any atom is -0.300 e. The van der Waals surface area contributed by atoms with Crippen LogP contribution in [0.5, 0.6) is 0 Å². The van der Waals surface area contributed by atoms with E-state index in [9.17, 15) is 9.18 Å². The van der Waals surface area contributed by atoms with Crippen LogP contribution in [0.3, 0.4) is 0 Å². The predicted molar refractivity (Wildman–Crippen MR) is 121 cm³/mol. The number of aryl methyl sites for hydroxylation is 2. The van der Waals surface area contributed by atoms with Gasteiger partial charge in [0.2, 0.25) is 0 Å². The van der Waals surface area contributed by atoms with E-state index in [0.717, 1.165) is 23.0 Å². The Kier molecular flexibility index (Phi) is 22.1. The minimum atomic E-state index is -0.124. The summed E-state index contributed by atoms with van der Waals surface area (Å²) >= 11 is 0. The summed E-state index contributed by atoms with van der Waals surface area (Å²) in [4.78, 5) is 10.1. The first-order valence-corrected chi connectivity index (χ1v) is 10.6. The summed E-state index contributed by atoms with van der Waals surface area (Å²) in [6, 6.07) is 5.09. The molecule has 0 aliphatic rings. The quantitative estimate of drug-likeness (QED) is 0.498. The summed E-state index contributed by atoms with van der Waals surface area (Å²) in [5.74, 6) is 2.14. The van der Waals surface area contributed by atoms with Gasteiger partial charge < -0.3 is 0 Å². The Labute approximate surface area is 170 Å². The van der Waals surface area contributed by atoms with Crippen LogP contribution >= 0.6 is 0 Å². The van der Waals surface area contributed by atoms with Gasteiger partial charge in [-0.25, -0.2) is 4.39 Å². The molecule has 1 aromatic rings. The number of hydrogen-bond donors (Lipinski definition) is 0. The molecule has 0 atom stereocenters. The van der Waals surface area contributed by atoms with Crippen molar-refractivity contribution in [3.05, 3.63) is 35.1 Å². The zero-order chi connectivity index (χ0) is 22.0. The normalized spacial score (nSPS) is 9.74. The summed E-state index contributed by atoms with van der Waals surface area (Å²) in [6.45, 7) is 22.5. The summed E-state index contributed by atoms with van der Waals surface area (Å²) in [7, 11) is 0. The smallest absolute Gasteiger partial charge is 0.132 e. The zero-order valence-corrected chi connectivity index (χ0v) is 20.1. The lowest BCUT2D eigenvalue weighted by atomic mass is 10.0. The molecule has 0 amide bonds. The van der Waals surface area contributed by atoms with E-state index >= 15 is 0 Å². The Bertz CT molecular complexity index is 455. The average molecular weight is 383 g/mol.